The van der Waals surface area contributed by atoms with Crippen LogP contribution in [0, 0.1) is 0 Å². The second-order valence-electron chi connectivity index (χ2n) is 6.10. The van der Waals surface area contributed by atoms with Crippen molar-refractivity contribution >= 4 is 27.6 Å². The van der Waals surface area contributed by atoms with Gasteiger partial charge in [-0.3, -0.25) is 25.2 Å². The van der Waals surface area contributed by atoms with Crippen molar-refractivity contribution in [2.45, 2.75) is 37.0 Å². The number of sulfone groups is 1. The second kappa shape index (κ2) is 9.33. The lowest BCUT2D eigenvalue weighted by atomic mass is 10.2. The van der Waals surface area contributed by atoms with Gasteiger partial charge in [-0.15, -0.1) is 0 Å². The van der Waals surface area contributed by atoms with Crippen LogP contribution in [0.2, 0.25) is 0 Å². The van der Waals surface area contributed by atoms with Gasteiger partial charge in [0.1, 0.15) is 6.54 Å². The lowest BCUT2D eigenvalue weighted by molar-refractivity contribution is -0.136. The highest BCUT2D eigenvalue weighted by Gasteiger charge is 2.20. The van der Waals surface area contributed by atoms with Crippen LogP contribution in [-0.4, -0.2) is 49.9 Å². The molecule has 3 amide bonds. The molecule has 9 heteroatoms. The number of likely N-dealkylation sites (tertiary alicyclic amines) is 1. The van der Waals surface area contributed by atoms with Crippen molar-refractivity contribution in [3.63, 3.8) is 0 Å². The van der Waals surface area contributed by atoms with Gasteiger partial charge in [-0.05, 0) is 25.0 Å². The van der Waals surface area contributed by atoms with Crippen LogP contribution in [-0.2, 0) is 24.2 Å². The number of carbonyl (C=O) groups excluding carboxylic acids is 3. The molecule has 0 saturated carbocycles. The van der Waals surface area contributed by atoms with Crippen LogP contribution in [0.25, 0.3) is 0 Å². The van der Waals surface area contributed by atoms with E-state index in [4.69, 9.17) is 0 Å². The normalized spacial score (nSPS) is 15.2. The lowest BCUT2D eigenvalue weighted by Gasteiger charge is -2.19. The summed E-state index contributed by atoms with van der Waals surface area (Å²) in [5.74, 6) is -1.55. The predicted octanol–water partition coefficient (Wildman–Crippen LogP) is 0.400. The minimum absolute atomic E-state index is 0.0714. The van der Waals surface area contributed by atoms with E-state index in [-0.39, 0.29) is 29.5 Å². The summed E-state index contributed by atoms with van der Waals surface area (Å²) >= 11 is 0. The number of hydrogen-bond donors (Lipinski definition) is 2. The third-order valence-corrected chi connectivity index (χ3v) is 5.78. The number of hydrogen-bond acceptors (Lipinski definition) is 5. The standard InChI is InChI=1S/C17H23N3O5S/c21-15(10-12-26(24,25)14-7-3-1-4-8-14)18-19-16(22)13-20-11-6-2-5-9-17(20)23/h1,3-4,7-8H,2,5-6,9-13H2,(H,18,21)(H,19,22). The van der Waals surface area contributed by atoms with Gasteiger partial charge in [0.2, 0.25) is 11.8 Å². The van der Waals surface area contributed by atoms with E-state index in [0.717, 1.165) is 19.3 Å². The van der Waals surface area contributed by atoms with E-state index in [1.165, 1.54) is 17.0 Å². The summed E-state index contributed by atoms with van der Waals surface area (Å²) in [6, 6.07) is 7.85. The Morgan fingerprint density at radius 1 is 1.00 bits per heavy atom. The average Bonchev–Trinajstić information content (AvgIpc) is 2.83. The Balaban J connectivity index is 1.74. The Labute approximate surface area is 152 Å². The zero-order valence-corrected chi connectivity index (χ0v) is 15.3. The molecular formula is C17H23N3O5S. The predicted molar refractivity (Wildman–Crippen MR) is 94.4 cm³/mol. The summed E-state index contributed by atoms with van der Waals surface area (Å²) in [4.78, 5) is 37.1. The topological polar surface area (TPSA) is 113 Å². The van der Waals surface area contributed by atoms with Gasteiger partial charge < -0.3 is 4.90 Å². The third kappa shape index (κ3) is 6.14. The van der Waals surface area contributed by atoms with Gasteiger partial charge in [0.15, 0.2) is 9.84 Å². The highest BCUT2D eigenvalue weighted by molar-refractivity contribution is 7.91. The van der Waals surface area contributed by atoms with E-state index in [2.05, 4.69) is 10.9 Å². The molecule has 1 aliphatic heterocycles. The Bertz CT molecular complexity index is 749. The van der Waals surface area contributed by atoms with Gasteiger partial charge in [-0.2, -0.15) is 0 Å². The molecule has 0 radical (unpaired) electrons. The molecule has 1 saturated heterocycles. The lowest BCUT2D eigenvalue weighted by Crippen LogP contribution is -2.47. The Morgan fingerprint density at radius 3 is 2.42 bits per heavy atom. The van der Waals surface area contributed by atoms with E-state index in [0.29, 0.717) is 13.0 Å². The van der Waals surface area contributed by atoms with Crippen molar-refractivity contribution in [3.8, 4) is 0 Å². The van der Waals surface area contributed by atoms with Gasteiger partial charge in [-0.25, -0.2) is 8.42 Å². The van der Waals surface area contributed by atoms with Crippen LogP contribution in [0.3, 0.4) is 0 Å². The van der Waals surface area contributed by atoms with Gasteiger partial charge >= 0.3 is 0 Å². The molecule has 0 spiro atoms. The van der Waals surface area contributed by atoms with Crippen molar-refractivity contribution in [1.82, 2.24) is 15.8 Å². The van der Waals surface area contributed by atoms with Crippen molar-refractivity contribution in [3.05, 3.63) is 30.3 Å². The average molecular weight is 381 g/mol. The summed E-state index contributed by atoms with van der Waals surface area (Å²) in [6.45, 7) is 0.400. The van der Waals surface area contributed by atoms with Crippen LogP contribution < -0.4 is 10.9 Å². The molecule has 1 aromatic carbocycles. The SMILES string of the molecule is O=C(CCS(=O)(=O)c1ccccc1)NNC(=O)CN1CCCCCC1=O. The van der Waals surface area contributed by atoms with Gasteiger partial charge in [0.25, 0.3) is 5.91 Å². The Hall–Kier alpha value is -2.42. The molecule has 142 valence electrons. The van der Waals surface area contributed by atoms with Crippen molar-refractivity contribution < 1.29 is 22.8 Å². The smallest absolute Gasteiger partial charge is 0.257 e. The van der Waals surface area contributed by atoms with Crippen molar-refractivity contribution in [1.29, 1.82) is 0 Å². The van der Waals surface area contributed by atoms with Crippen LogP contribution in [0.15, 0.2) is 35.2 Å². The molecule has 1 aromatic rings. The minimum atomic E-state index is -3.55. The highest BCUT2D eigenvalue weighted by atomic mass is 32.2. The van der Waals surface area contributed by atoms with Crippen LogP contribution in [0.5, 0.6) is 0 Å². The second-order valence-corrected chi connectivity index (χ2v) is 8.21. The number of rotatable bonds is 6. The monoisotopic (exact) mass is 381 g/mol. The molecular weight excluding hydrogens is 358 g/mol. The largest absolute Gasteiger partial charge is 0.333 e. The number of hydrazine groups is 1. The molecule has 1 aliphatic rings. The summed E-state index contributed by atoms with van der Waals surface area (Å²) in [5, 5.41) is 0. The maximum Gasteiger partial charge on any atom is 0.257 e. The first-order valence-electron chi connectivity index (χ1n) is 8.52. The van der Waals surface area contributed by atoms with E-state index in [1.807, 2.05) is 0 Å². The van der Waals surface area contributed by atoms with E-state index in [9.17, 15) is 22.8 Å². The van der Waals surface area contributed by atoms with Crippen LogP contribution in [0.4, 0.5) is 0 Å². The molecule has 8 nitrogen and oxygen atoms in total. The summed E-state index contributed by atoms with van der Waals surface area (Å²) < 4.78 is 24.2. The number of amides is 3. The molecule has 0 aliphatic carbocycles. The number of nitrogens with zero attached hydrogens (tertiary/aromatic N) is 1. The van der Waals surface area contributed by atoms with Crippen LogP contribution in [0.1, 0.15) is 32.1 Å². The molecule has 2 N–H and O–H groups in total. The molecule has 1 fully saturated rings. The fraction of sp³-hybridized carbons (Fsp3) is 0.471. The number of nitrogens with one attached hydrogen (secondary N) is 2. The molecule has 0 atom stereocenters. The molecule has 0 unspecified atom stereocenters. The number of carbonyl (C=O) groups is 3. The van der Waals surface area contributed by atoms with E-state index < -0.39 is 21.7 Å². The maximum atomic E-state index is 12.1. The first-order valence-corrected chi connectivity index (χ1v) is 10.2. The Kier molecular flexibility index (Phi) is 7.14. The van der Waals surface area contributed by atoms with Crippen molar-refractivity contribution in [2.75, 3.05) is 18.8 Å². The first kappa shape index (κ1) is 19.9. The van der Waals surface area contributed by atoms with E-state index >= 15 is 0 Å². The zero-order valence-electron chi connectivity index (χ0n) is 14.4. The molecule has 26 heavy (non-hydrogen) atoms. The van der Waals surface area contributed by atoms with Gasteiger partial charge in [0, 0.05) is 19.4 Å². The summed E-state index contributed by atoms with van der Waals surface area (Å²) in [7, 11) is -3.55. The molecule has 0 bridgehead atoms. The third-order valence-electron chi connectivity index (χ3n) is 4.05. The zero-order chi connectivity index (χ0) is 19.0. The van der Waals surface area contributed by atoms with E-state index in [1.54, 1.807) is 18.2 Å². The fourth-order valence-electron chi connectivity index (χ4n) is 2.59. The summed E-state index contributed by atoms with van der Waals surface area (Å²) in [6.07, 6.45) is 2.78. The fourth-order valence-corrected chi connectivity index (χ4v) is 3.85. The first-order chi connectivity index (χ1) is 12.4. The Morgan fingerprint density at radius 2 is 1.69 bits per heavy atom. The quantitative estimate of drug-likeness (QED) is 0.693. The number of benzene rings is 1. The minimum Gasteiger partial charge on any atom is -0.333 e. The van der Waals surface area contributed by atoms with Gasteiger partial charge in [-0.1, -0.05) is 24.6 Å². The summed E-state index contributed by atoms with van der Waals surface area (Å²) in [5.41, 5.74) is 4.41. The molecule has 1 heterocycles. The van der Waals surface area contributed by atoms with Crippen LogP contribution >= 0.6 is 0 Å². The highest BCUT2D eigenvalue weighted by Crippen LogP contribution is 2.11. The molecule has 0 aromatic heterocycles. The van der Waals surface area contributed by atoms with Gasteiger partial charge in [0.05, 0.1) is 10.6 Å². The van der Waals surface area contributed by atoms with Crippen molar-refractivity contribution in [2.24, 2.45) is 0 Å². The maximum absolute atomic E-state index is 12.1. The molecule has 2 rings (SSSR count).